The Labute approximate surface area is 70.5 Å². The van der Waals surface area contributed by atoms with Gasteiger partial charge >= 0.3 is 0 Å². The first-order valence-electron chi connectivity index (χ1n) is 3.80. The monoisotopic (exact) mass is 166 g/mol. The molecule has 0 heterocycles. The molecule has 2 heteroatoms. The van der Waals surface area contributed by atoms with E-state index in [9.17, 15) is 5.11 Å². The van der Waals surface area contributed by atoms with E-state index in [4.69, 9.17) is 0 Å². The summed E-state index contributed by atoms with van der Waals surface area (Å²) in [5.41, 5.74) is 0.380. The molecule has 1 rings (SSSR count). The number of rotatable bonds is 1. The summed E-state index contributed by atoms with van der Waals surface area (Å²) in [6.07, 6.45) is 0. The number of aliphatic hydroxyl groups is 1. The fourth-order valence-electron chi connectivity index (χ4n) is 1.26. The third-order valence-corrected chi connectivity index (χ3v) is 2.68. The molecule has 0 bridgehead atoms. The van der Waals surface area contributed by atoms with E-state index in [1.165, 1.54) is 5.19 Å². The van der Waals surface area contributed by atoms with Crippen molar-refractivity contribution in [2.75, 3.05) is 0 Å². The van der Waals surface area contributed by atoms with Crippen molar-refractivity contribution in [3.05, 3.63) is 29.8 Å². The van der Waals surface area contributed by atoms with E-state index in [2.05, 4.69) is 6.07 Å². The summed E-state index contributed by atoms with van der Waals surface area (Å²) in [5.74, 6) is 0. The van der Waals surface area contributed by atoms with Crippen LogP contribution in [0.15, 0.2) is 24.3 Å². The zero-order valence-corrected chi connectivity index (χ0v) is 9.26. The maximum Gasteiger partial charge on any atom is 0.0839 e. The molecular formula is C9H14OSi. The number of benzene rings is 1. The predicted octanol–water partition coefficient (Wildman–Crippen LogP) is -0.0953. The van der Waals surface area contributed by atoms with Crippen LogP contribution in [0.3, 0.4) is 0 Å². The molecule has 0 amide bonds. The van der Waals surface area contributed by atoms with Gasteiger partial charge in [-0.15, -0.1) is 0 Å². The molecule has 0 saturated carbocycles. The molecule has 11 heavy (non-hydrogen) atoms. The van der Waals surface area contributed by atoms with Gasteiger partial charge in [0.1, 0.15) is 0 Å². The Bertz CT molecular complexity index is 250. The van der Waals surface area contributed by atoms with Gasteiger partial charge in [0.2, 0.25) is 0 Å². The summed E-state index contributed by atoms with van der Waals surface area (Å²) in [6, 6.07) is 8.04. The molecule has 0 radical (unpaired) electrons. The minimum Gasteiger partial charge on any atom is -0.386 e. The van der Waals surface area contributed by atoms with Crippen LogP contribution in [0.2, 0.25) is 0 Å². The average Bonchev–Trinajstić information content (AvgIpc) is 1.86. The molecule has 0 aliphatic carbocycles. The Morgan fingerprint density at radius 3 is 2.18 bits per heavy atom. The molecule has 0 fully saturated rings. The Morgan fingerprint density at radius 1 is 1.27 bits per heavy atom. The molecule has 1 nitrogen and oxygen atoms in total. The first-order valence-corrected chi connectivity index (χ1v) is 4.80. The van der Waals surface area contributed by atoms with Gasteiger partial charge in [-0.25, -0.2) is 0 Å². The predicted molar refractivity (Wildman–Crippen MR) is 51.3 cm³/mol. The Morgan fingerprint density at radius 2 is 1.82 bits per heavy atom. The average molecular weight is 166 g/mol. The van der Waals surface area contributed by atoms with E-state index in [0.29, 0.717) is 0 Å². The lowest BCUT2D eigenvalue weighted by atomic mass is 9.99. The van der Waals surface area contributed by atoms with Crippen LogP contribution < -0.4 is 5.19 Å². The van der Waals surface area contributed by atoms with E-state index in [1.54, 1.807) is 0 Å². The van der Waals surface area contributed by atoms with Gasteiger partial charge in [0.05, 0.1) is 5.60 Å². The lowest BCUT2D eigenvalue weighted by Crippen LogP contribution is -2.25. The minimum absolute atomic E-state index is 0.682. The van der Waals surface area contributed by atoms with Crippen molar-refractivity contribution >= 4 is 15.4 Å². The molecule has 0 aliphatic heterocycles. The lowest BCUT2D eigenvalue weighted by molar-refractivity contribution is 0.0797. The van der Waals surface area contributed by atoms with Crippen molar-refractivity contribution in [2.24, 2.45) is 0 Å². The van der Waals surface area contributed by atoms with E-state index >= 15 is 0 Å². The van der Waals surface area contributed by atoms with E-state index < -0.39 is 5.60 Å². The van der Waals surface area contributed by atoms with Gasteiger partial charge in [-0.1, -0.05) is 29.5 Å². The van der Waals surface area contributed by atoms with E-state index in [-0.39, 0.29) is 0 Å². The highest BCUT2D eigenvalue weighted by Gasteiger charge is 2.16. The molecule has 1 aromatic carbocycles. The third-order valence-electron chi connectivity index (χ3n) is 1.80. The van der Waals surface area contributed by atoms with Crippen molar-refractivity contribution in [3.8, 4) is 0 Å². The summed E-state index contributed by atoms with van der Waals surface area (Å²) in [5, 5.41) is 11.0. The first-order chi connectivity index (χ1) is 5.02. The topological polar surface area (TPSA) is 20.2 Å². The summed E-state index contributed by atoms with van der Waals surface area (Å²) in [6.45, 7) is 3.65. The highest BCUT2D eigenvalue weighted by atomic mass is 28.1. The molecule has 60 valence electrons. The Balaban J connectivity index is 3.14. The summed E-state index contributed by atoms with van der Waals surface area (Å²) in [7, 11) is 0.996. The van der Waals surface area contributed by atoms with Gasteiger partial charge in [0, 0.05) is 10.2 Å². The van der Waals surface area contributed by atoms with Crippen LogP contribution in [0.1, 0.15) is 19.4 Å². The van der Waals surface area contributed by atoms with Crippen molar-refractivity contribution in [2.45, 2.75) is 19.4 Å². The summed E-state index contributed by atoms with van der Waals surface area (Å²) in [4.78, 5) is 0. The maximum atomic E-state index is 9.69. The zero-order valence-electron chi connectivity index (χ0n) is 7.26. The third kappa shape index (κ3) is 1.91. The van der Waals surface area contributed by atoms with Gasteiger partial charge in [-0.2, -0.15) is 0 Å². The van der Waals surface area contributed by atoms with Crippen LogP contribution in [0.4, 0.5) is 0 Å². The molecule has 0 aromatic heterocycles. The molecule has 1 aromatic rings. The lowest BCUT2D eigenvalue weighted by Gasteiger charge is -2.19. The molecule has 0 atom stereocenters. The Kier molecular flexibility index (Phi) is 2.16. The zero-order chi connectivity index (χ0) is 8.48. The van der Waals surface area contributed by atoms with Gasteiger partial charge < -0.3 is 5.11 Å². The highest BCUT2D eigenvalue weighted by molar-refractivity contribution is 6.33. The molecule has 0 aliphatic rings. The number of hydrogen-bond acceptors (Lipinski definition) is 1. The van der Waals surface area contributed by atoms with Crippen LogP contribution in [-0.4, -0.2) is 15.3 Å². The van der Waals surface area contributed by atoms with Crippen LogP contribution >= 0.6 is 0 Å². The maximum absolute atomic E-state index is 9.69. The highest BCUT2D eigenvalue weighted by Crippen LogP contribution is 2.15. The molecule has 0 spiro atoms. The van der Waals surface area contributed by atoms with Gasteiger partial charge in [0.15, 0.2) is 0 Å². The fraction of sp³-hybridized carbons (Fsp3) is 0.333. The number of hydrogen-bond donors (Lipinski definition) is 1. The van der Waals surface area contributed by atoms with Crippen LogP contribution in [0, 0.1) is 0 Å². The smallest absolute Gasteiger partial charge is 0.0839 e. The van der Waals surface area contributed by atoms with Crippen molar-refractivity contribution < 1.29 is 5.11 Å². The molecule has 1 N–H and O–H groups in total. The van der Waals surface area contributed by atoms with E-state index in [1.807, 2.05) is 32.0 Å². The van der Waals surface area contributed by atoms with Crippen LogP contribution in [0.5, 0.6) is 0 Å². The van der Waals surface area contributed by atoms with Crippen molar-refractivity contribution in [1.82, 2.24) is 0 Å². The van der Waals surface area contributed by atoms with Gasteiger partial charge in [-0.3, -0.25) is 0 Å². The minimum atomic E-state index is -0.682. The second-order valence-corrected chi connectivity index (χ2v) is 4.45. The second-order valence-electron chi connectivity index (χ2n) is 3.37. The van der Waals surface area contributed by atoms with Crippen molar-refractivity contribution in [1.29, 1.82) is 0 Å². The van der Waals surface area contributed by atoms with Gasteiger partial charge in [0.25, 0.3) is 0 Å². The van der Waals surface area contributed by atoms with Crippen molar-refractivity contribution in [3.63, 3.8) is 0 Å². The second kappa shape index (κ2) is 2.79. The molecule has 0 unspecified atom stereocenters. The van der Waals surface area contributed by atoms with Crippen LogP contribution in [0.25, 0.3) is 0 Å². The standard InChI is InChI=1S/C9H14OSi/c1-9(2,10)7-5-3-4-6-8(7)11/h3-6,10H,1-2,11H3. The normalized spacial score (nSPS) is 11.9. The summed E-state index contributed by atoms with van der Waals surface area (Å²) >= 11 is 0. The summed E-state index contributed by atoms with van der Waals surface area (Å²) < 4.78 is 0. The Hall–Kier alpha value is -0.603. The molecule has 0 saturated heterocycles. The van der Waals surface area contributed by atoms with E-state index in [0.717, 1.165) is 15.8 Å². The SMILES string of the molecule is CC(C)(O)c1ccccc1[SiH3]. The quantitative estimate of drug-likeness (QED) is 0.578. The molecular weight excluding hydrogens is 152 g/mol. The largest absolute Gasteiger partial charge is 0.386 e. The first kappa shape index (κ1) is 8.49. The van der Waals surface area contributed by atoms with Gasteiger partial charge in [-0.05, 0) is 19.4 Å². The van der Waals surface area contributed by atoms with Crippen LogP contribution in [-0.2, 0) is 5.60 Å². The fourth-order valence-corrected chi connectivity index (χ4v) is 2.23.